The largest absolute Gasteiger partial charge is 0.497 e. The monoisotopic (exact) mass is 470 g/mol. The maximum absolute atomic E-state index is 13.3. The number of rotatable bonds is 8. The van der Waals surface area contributed by atoms with Crippen molar-refractivity contribution in [3.8, 4) is 5.75 Å². The summed E-state index contributed by atoms with van der Waals surface area (Å²) in [6.45, 7) is -0.796. The number of aliphatic hydroxyl groups excluding tert-OH is 2. The third kappa shape index (κ3) is 3.97. The maximum Gasteiger partial charge on any atom is 0.353 e. The summed E-state index contributed by atoms with van der Waals surface area (Å²) < 4.78 is 23.9. The molecule has 33 heavy (non-hydrogen) atoms. The molecule has 1 saturated heterocycles. The molecule has 1 aromatic carbocycles. The number of ether oxygens (including phenoxy) is 2. The Balaban J connectivity index is 2.13. The first-order chi connectivity index (χ1) is 15.5. The topological polar surface area (TPSA) is 184 Å². The number of nitrogen functional groups attached to an aromatic ring is 1. The van der Waals surface area contributed by atoms with Gasteiger partial charge in [-0.25, -0.2) is 14.3 Å². The smallest absolute Gasteiger partial charge is 0.353 e. The molecule has 12 nitrogen and oxygen atoms in total. The number of methoxy groups -OCH3 is 1. The summed E-state index contributed by atoms with van der Waals surface area (Å²) in [5.74, 6) is -4.05. The number of alkyl halides is 1. The van der Waals surface area contributed by atoms with Gasteiger partial charge in [0.15, 0.2) is 0 Å². The summed E-state index contributed by atoms with van der Waals surface area (Å²) in [6.07, 6.45) is -2.74. The molecule has 1 aliphatic rings. The Morgan fingerprint density at radius 3 is 2.55 bits per heavy atom. The molecule has 7 N–H and O–H groups in total. The van der Waals surface area contributed by atoms with Gasteiger partial charge in [0.1, 0.15) is 23.8 Å². The second-order valence-electron chi connectivity index (χ2n) is 7.80. The Morgan fingerprint density at radius 1 is 1.36 bits per heavy atom. The molecule has 13 heteroatoms. The van der Waals surface area contributed by atoms with Gasteiger partial charge in [0.05, 0.1) is 26.9 Å². The van der Waals surface area contributed by atoms with Crippen LogP contribution in [0.5, 0.6) is 5.75 Å². The molecule has 0 spiro atoms. The fourth-order valence-electron chi connectivity index (χ4n) is 3.75. The van der Waals surface area contributed by atoms with Crippen LogP contribution in [-0.2, 0) is 17.2 Å². The average molecular weight is 470 g/mol. The van der Waals surface area contributed by atoms with Crippen LogP contribution in [-0.4, -0.2) is 78.6 Å². The van der Waals surface area contributed by atoms with Crippen molar-refractivity contribution < 1.29 is 39.5 Å². The zero-order valence-electron chi connectivity index (χ0n) is 18.0. The predicted octanol–water partition coefficient (Wildman–Crippen LogP) is -1.16. The van der Waals surface area contributed by atoms with Crippen LogP contribution in [0.2, 0.25) is 0 Å². The van der Waals surface area contributed by atoms with E-state index in [2.05, 4.69) is 4.98 Å². The number of nitrogens with zero attached hydrogens (tertiary/aromatic N) is 3. The molecule has 0 aliphatic carbocycles. The zero-order valence-corrected chi connectivity index (χ0v) is 18.0. The summed E-state index contributed by atoms with van der Waals surface area (Å²) in [7, 11) is 1.46. The molecule has 1 unspecified atom stereocenters. The summed E-state index contributed by atoms with van der Waals surface area (Å²) in [6, 6.07) is 6.24. The molecule has 0 amide bonds. The van der Waals surface area contributed by atoms with Crippen molar-refractivity contribution >= 4 is 5.82 Å². The Bertz CT molecular complexity index is 1040. The van der Waals surface area contributed by atoms with E-state index in [0.29, 0.717) is 15.9 Å². The van der Waals surface area contributed by atoms with E-state index in [0.717, 1.165) is 6.20 Å². The van der Waals surface area contributed by atoms with E-state index in [1.165, 1.54) is 14.0 Å². The van der Waals surface area contributed by atoms with Crippen LogP contribution >= 0.6 is 0 Å². The molecule has 182 valence electrons. The summed E-state index contributed by atoms with van der Waals surface area (Å²) in [5.41, 5.74) is 2.10. The van der Waals surface area contributed by atoms with Crippen molar-refractivity contribution in [3.63, 3.8) is 0 Å². The minimum atomic E-state index is -3.22. The van der Waals surface area contributed by atoms with E-state index < -0.39 is 61.1 Å². The van der Waals surface area contributed by atoms with E-state index >= 15 is 0 Å². The lowest BCUT2D eigenvalue weighted by molar-refractivity contribution is -0.413. The van der Waals surface area contributed by atoms with Crippen LogP contribution in [0.3, 0.4) is 0 Å². The number of benzene rings is 1. The molecule has 1 aromatic heterocycles. The summed E-state index contributed by atoms with van der Waals surface area (Å²) >= 11 is 0. The van der Waals surface area contributed by atoms with Gasteiger partial charge in [-0.1, -0.05) is 19.1 Å². The SMILES string of the molecule is COc1ccc(CN(O)[C@@]2(O)[C@H](O)[C@@H](CO)O[C@@]2(O)n2c(N)c(C(C)CF)cnc2=O)cc1. The standard InChI is InChI=1S/C20H27FN4O8/c1-11(7-21)14-8-23-18(28)25(17(14)22)20(30)19(29,16(27)15(10-26)33-20)24(31)9-12-3-5-13(32-2)6-4-12/h3-6,8,11,15-16,26-27,29-31H,7,9-10,22H2,1-2H3/t11?,15-,16-,19-,20-/m1/s1. The van der Waals surface area contributed by atoms with Gasteiger partial charge >= 0.3 is 11.6 Å². The van der Waals surface area contributed by atoms with Gasteiger partial charge in [0, 0.05) is 17.7 Å². The van der Waals surface area contributed by atoms with Crippen LogP contribution in [0.15, 0.2) is 35.3 Å². The van der Waals surface area contributed by atoms with Crippen LogP contribution in [0, 0.1) is 0 Å². The Labute approximate surface area is 187 Å². The fraction of sp³-hybridized carbons (Fsp3) is 0.500. The highest BCUT2D eigenvalue weighted by atomic mass is 19.1. The van der Waals surface area contributed by atoms with Gasteiger partial charge in [0.2, 0.25) is 5.72 Å². The third-order valence-corrected chi connectivity index (χ3v) is 5.73. The van der Waals surface area contributed by atoms with Crippen molar-refractivity contribution in [2.75, 3.05) is 26.1 Å². The zero-order chi connectivity index (χ0) is 24.6. The van der Waals surface area contributed by atoms with Crippen LogP contribution < -0.4 is 16.2 Å². The number of halogens is 1. The summed E-state index contributed by atoms with van der Waals surface area (Å²) in [5, 5.41) is 54.1. The second kappa shape index (κ2) is 9.30. The Morgan fingerprint density at radius 2 is 2.00 bits per heavy atom. The number of hydrogen-bond donors (Lipinski definition) is 6. The third-order valence-electron chi connectivity index (χ3n) is 5.73. The van der Waals surface area contributed by atoms with E-state index in [9.17, 15) is 34.8 Å². The number of nitrogens with two attached hydrogens (primary N) is 1. The highest BCUT2D eigenvalue weighted by molar-refractivity contribution is 5.42. The van der Waals surface area contributed by atoms with Gasteiger partial charge < -0.3 is 40.8 Å². The maximum atomic E-state index is 13.3. The molecule has 2 heterocycles. The highest BCUT2D eigenvalue weighted by Gasteiger charge is 2.70. The van der Waals surface area contributed by atoms with Gasteiger partial charge in [-0.05, 0) is 17.7 Å². The molecule has 1 fully saturated rings. The second-order valence-corrected chi connectivity index (χ2v) is 7.80. The van der Waals surface area contributed by atoms with Crippen molar-refractivity contribution in [1.29, 1.82) is 0 Å². The van der Waals surface area contributed by atoms with Crippen LogP contribution in [0.25, 0.3) is 0 Å². The molecule has 5 atom stereocenters. The van der Waals surface area contributed by atoms with Crippen molar-refractivity contribution in [1.82, 2.24) is 14.6 Å². The normalized spacial score (nSPS) is 28.3. The predicted molar refractivity (Wildman–Crippen MR) is 111 cm³/mol. The van der Waals surface area contributed by atoms with Gasteiger partial charge in [0.25, 0.3) is 0 Å². The Hall–Kier alpha value is -2.65. The van der Waals surface area contributed by atoms with Crippen molar-refractivity contribution in [2.45, 2.75) is 43.2 Å². The number of hydroxylamine groups is 2. The van der Waals surface area contributed by atoms with E-state index in [1.54, 1.807) is 24.3 Å². The number of aliphatic hydroxyl groups is 4. The van der Waals surface area contributed by atoms with E-state index in [-0.39, 0.29) is 10.6 Å². The number of aromatic nitrogens is 2. The number of anilines is 1. The van der Waals surface area contributed by atoms with Crippen LogP contribution in [0.1, 0.15) is 24.0 Å². The molecular formula is C20H27FN4O8. The first-order valence-electron chi connectivity index (χ1n) is 9.99. The van der Waals surface area contributed by atoms with Crippen molar-refractivity contribution in [2.24, 2.45) is 0 Å². The minimum absolute atomic E-state index is 0.0121. The van der Waals surface area contributed by atoms with Gasteiger partial charge in [-0.2, -0.15) is 0 Å². The molecule has 1 aliphatic heterocycles. The van der Waals surface area contributed by atoms with Crippen LogP contribution in [0.4, 0.5) is 10.2 Å². The first-order valence-corrected chi connectivity index (χ1v) is 9.99. The molecule has 3 rings (SSSR count). The summed E-state index contributed by atoms with van der Waals surface area (Å²) in [4.78, 5) is 16.2. The lowest BCUT2D eigenvalue weighted by atomic mass is 9.99. The molecule has 2 aromatic rings. The van der Waals surface area contributed by atoms with E-state index in [1.807, 2.05) is 0 Å². The fourth-order valence-corrected chi connectivity index (χ4v) is 3.75. The Kier molecular flexibility index (Phi) is 7.04. The van der Waals surface area contributed by atoms with E-state index in [4.69, 9.17) is 15.2 Å². The van der Waals surface area contributed by atoms with Gasteiger partial charge in [-0.3, -0.25) is 4.39 Å². The molecule has 0 radical (unpaired) electrons. The lowest BCUT2D eigenvalue weighted by Crippen LogP contribution is -2.68. The highest BCUT2D eigenvalue weighted by Crippen LogP contribution is 2.45. The van der Waals surface area contributed by atoms with Crippen molar-refractivity contribution in [3.05, 3.63) is 52.1 Å². The van der Waals surface area contributed by atoms with Gasteiger partial charge in [-0.15, -0.1) is 5.06 Å². The molecule has 0 saturated carbocycles. The number of hydrogen-bond acceptors (Lipinski definition) is 11. The quantitative estimate of drug-likeness (QED) is 0.202. The minimum Gasteiger partial charge on any atom is -0.497 e. The average Bonchev–Trinajstić information content (AvgIpc) is 3.01. The lowest BCUT2D eigenvalue weighted by Gasteiger charge is -2.42. The first kappa shape index (κ1) is 25.0. The molecule has 0 bridgehead atoms. The molecular weight excluding hydrogens is 443 g/mol.